The molecule has 0 atom stereocenters. The number of pyridine rings is 1. The summed E-state index contributed by atoms with van der Waals surface area (Å²) in [7, 11) is 0. The average Bonchev–Trinajstić information content (AvgIpc) is 2.58. The highest BCUT2D eigenvalue weighted by atomic mass is 19.4. The van der Waals surface area contributed by atoms with Gasteiger partial charge < -0.3 is 4.74 Å². The molecule has 0 amide bonds. The number of benzene rings is 2. The van der Waals surface area contributed by atoms with Crippen LogP contribution in [0.15, 0.2) is 60.8 Å². The van der Waals surface area contributed by atoms with Crippen LogP contribution in [-0.2, 0) is 6.18 Å². The lowest BCUT2D eigenvalue weighted by Crippen LogP contribution is -2.04. The minimum absolute atomic E-state index is 0.296. The summed E-state index contributed by atoms with van der Waals surface area (Å²) in [6.45, 7) is 1.64. The maximum atomic E-state index is 13.6. The zero-order valence-corrected chi connectivity index (χ0v) is 13.1. The van der Waals surface area contributed by atoms with Crippen molar-refractivity contribution in [2.45, 2.75) is 13.1 Å². The molecule has 0 unspecified atom stereocenters. The third-order valence-corrected chi connectivity index (χ3v) is 3.60. The highest BCUT2D eigenvalue weighted by molar-refractivity contribution is 5.62. The third-order valence-electron chi connectivity index (χ3n) is 3.60. The molecular weight excluding hydrogens is 334 g/mol. The Kier molecular flexibility index (Phi) is 4.44. The Morgan fingerprint density at radius 3 is 2.40 bits per heavy atom. The minimum atomic E-state index is -4.43. The normalized spacial score (nSPS) is 11.4. The molecule has 0 aliphatic heterocycles. The van der Waals surface area contributed by atoms with Gasteiger partial charge >= 0.3 is 6.18 Å². The Morgan fingerprint density at radius 2 is 1.68 bits per heavy atom. The molecule has 1 aromatic heterocycles. The van der Waals surface area contributed by atoms with Gasteiger partial charge in [0.15, 0.2) is 0 Å². The zero-order valence-electron chi connectivity index (χ0n) is 13.1. The second kappa shape index (κ2) is 6.55. The SMILES string of the molecule is Cc1ccc(Oc2ccnc(-c3cccc(C(F)(F)F)c3)c2)cc1F. The number of nitrogens with zero attached hydrogens (tertiary/aromatic N) is 1. The summed E-state index contributed by atoms with van der Waals surface area (Å²) in [5, 5.41) is 0. The molecule has 6 heteroatoms. The van der Waals surface area contributed by atoms with Crippen molar-refractivity contribution in [1.82, 2.24) is 4.98 Å². The summed E-state index contributed by atoms with van der Waals surface area (Å²) in [5.74, 6) is 0.250. The van der Waals surface area contributed by atoms with E-state index in [1.54, 1.807) is 25.1 Å². The lowest BCUT2D eigenvalue weighted by molar-refractivity contribution is -0.137. The second-order valence-electron chi connectivity index (χ2n) is 5.47. The van der Waals surface area contributed by atoms with Crippen molar-refractivity contribution in [3.63, 3.8) is 0 Å². The molecule has 0 aliphatic rings. The van der Waals surface area contributed by atoms with E-state index in [9.17, 15) is 17.6 Å². The Labute approximate surface area is 141 Å². The van der Waals surface area contributed by atoms with Crippen molar-refractivity contribution >= 4 is 0 Å². The van der Waals surface area contributed by atoms with Crippen molar-refractivity contribution < 1.29 is 22.3 Å². The fourth-order valence-electron chi connectivity index (χ4n) is 2.26. The molecule has 0 radical (unpaired) electrons. The molecule has 2 nitrogen and oxygen atoms in total. The van der Waals surface area contributed by atoms with Gasteiger partial charge in [0.2, 0.25) is 0 Å². The van der Waals surface area contributed by atoms with E-state index in [2.05, 4.69) is 4.98 Å². The highest BCUT2D eigenvalue weighted by Crippen LogP contribution is 2.33. The Hall–Kier alpha value is -2.89. The molecule has 3 aromatic rings. The van der Waals surface area contributed by atoms with E-state index >= 15 is 0 Å². The van der Waals surface area contributed by atoms with Crippen LogP contribution >= 0.6 is 0 Å². The van der Waals surface area contributed by atoms with Gasteiger partial charge in [0.05, 0.1) is 11.3 Å². The first kappa shape index (κ1) is 17.0. The summed E-state index contributed by atoms with van der Waals surface area (Å²) < 4.78 is 57.7. The Balaban J connectivity index is 1.90. The van der Waals surface area contributed by atoms with Gasteiger partial charge in [0.25, 0.3) is 0 Å². The molecule has 0 bridgehead atoms. The van der Waals surface area contributed by atoms with Crippen molar-refractivity contribution in [1.29, 1.82) is 0 Å². The van der Waals surface area contributed by atoms with Crippen LogP contribution < -0.4 is 4.74 Å². The first-order chi connectivity index (χ1) is 11.8. The highest BCUT2D eigenvalue weighted by Gasteiger charge is 2.30. The van der Waals surface area contributed by atoms with Gasteiger partial charge in [0, 0.05) is 23.9 Å². The van der Waals surface area contributed by atoms with Crippen molar-refractivity contribution in [3.8, 4) is 22.8 Å². The first-order valence-electron chi connectivity index (χ1n) is 7.40. The van der Waals surface area contributed by atoms with Crippen molar-refractivity contribution in [3.05, 3.63) is 77.7 Å². The quantitative estimate of drug-likeness (QED) is 0.542. The smallest absolute Gasteiger partial charge is 0.416 e. The number of ether oxygens (including phenoxy) is 1. The molecule has 128 valence electrons. The maximum Gasteiger partial charge on any atom is 0.416 e. The largest absolute Gasteiger partial charge is 0.457 e. The van der Waals surface area contributed by atoms with E-state index in [0.29, 0.717) is 28.3 Å². The Morgan fingerprint density at radius 1 is 0.920 bits per heavy atom. The van der Waals surface area contributed by atoms with Gasteiger partial charge in [-0.25, -0.2) is 4.39 Å². The molecule has 1 heterocycles. The van der Waals surface area contributed by atoms with Crippen LogP contribution in [-0.4, -0.2) is 4.98 Å². The predicted octanol–water partition coefficient (Wildman–Crippen LogP) is 6.01. The van der Waals surface area contributed by atoms with Gasteiger partial charge in [-0.05, 0) is 36.8 Å². The average molecular weight is 347 g/mol. The lowest BCUT2D eigenvalue weighted by atomic mass is 10.1. The first-order valence-corrected chi connectivity index (χ1v) is 7.40. The summed E-state index contributed by atoms with van der Waals surface area (Å²) in [4.78, 5) is 4.08. The number of alkyl halides is 3. The van der Waals surface area contributed by atoms with Crippen LogP contribution in [0.2, 0.25) is 0 Å². The van der Waals surface area contributed by atoms with E-state index in [1.807, 2.05) is 0 Å². The molecule has 0 spiro atoms. The molecule has 0 saturated carbocycles. The van der Waals surface area contributed by atoms with E-state index in [-0.39, 0.29) is 0 Å². The van der Waals surface area contributed by atoms with Crippen LogP contribution in [0.1, 0.15) is 11.1 Å². The predicted molar refractivity (Wildman–Crippen MR) is 85.9 cm³/mol. The lowest BCUT2D eigenvalue weighted by Gasteiger charge is -2.10. The summed E-state index contributed by atoms with van der Waals surface area (Å²) in [6, 6.07) is 12.4. The van der Waals surface area contributed by atoms with E-state index < -0.39 is 17.6 Å². The van der Waals surface area contributed by atoms with Crippen LogP contribution in [0, 0.1) is 12.7 Å². The molecule has 0 N–H and O–H groups in total. The van der Waals surface area contributed by atoms with E-state index in [1.165, 1.54) is 30.5 Å². The standard InChI is InChI=1S/C19H13F4NO/c1-12-5-6-15(10-17(12)20)25-16-7-8-24-18(11-16)13-3-2-4-14(9-13)19(21,22)23/h2-11H,1H3. The molecule has 0 fully saturated rings. The summed E-state index contributed by atoms with van der Waals surface area (Å²) >= 11 is 0. The molecular formula is C19H13F4NO. The van der Waals surface area contributed by atoms with Gasteiger partial charge in [-0.3, -0.25) is 4.98 Å². The number of hydrogen-bond donors (Lipinski definition) is 0. The minimum Gasteiger partial charge on any atom is -0.457 e. The number of aryl methyl sites for hydroxylation is 1. The van der Waals surface area contributed by atoms with E-state index in [4.69, 9.17) is 4.74 Å². The maximum absolute atomic E-state index is 13.6. The van der Waals surface area contributed by atoms with Gasteiger partial charge in [0.1, 0.15) is 17.3 Å². The van der Waals surface area contributed by atoms with E-state index in [0.717, 1.165) is 12.1 Å². The van der Waals surface area contributed by atoms with Crippen molar-refractivity contribution in [2.75, 3.05) is 0 Å². The Bertz CT molecular complexity index is 906. The fourth-order valence-corrected chi connectivity index (χ4v) is 2.26. The van der Waals surface area contributed by atoms with Crippen LogP contribution in [0.3, 0.4) is 0 Å². The topological polar surface area (TPSA) is 22.1 Å². The zero-order chi connectivity index (χ0) is 18.0. The molecule has 2 aromatic carbocycles. The van der Waals surface area contributed by atoms with Crippen LogP contribution in [0.5, 0.6) is 11.5 Å². The van der Waals surface area contributed by atoms with Crippen molar-refractivity contribution in [2.24, 2.45) is 0 Å². The van der Waals surface area contributed by atoms with Gasteiger partial charge in [-0.15, -0.1) is 0 Å². The number of hydrogen-bond acceptors (Lipinski definition) is 2. The molecule has 25 heavy (non-hydrogen) atoms. The third kappa shape index (κ3) is 3.96. The van der Waals surface area contributed by atoms with Crippen LogP contribution in [0.25, 0.3) is 11.3 Å². The van der Waals surface area contributed by atoms with Gasteiger partial charge in [-0.1, -0.05) is 18.2 Å². The van der Waals surface area contributed by atoms with Gasteiger partial charge in [-0.2, -0.15) is 13.2 Å². The monoisotopic (exact) mass is 347 g/mol. The summed E-state index contributed by atoms with van der Waals surface area (Å²) in [6.07, 6.45) is -3.00. The van der Waals surface area contributed by atoms with Crippen LogP contribution in [0.4, 0.5) is 17.6 Å². The second-order valence-corrected chi connectivity index (χ2v) is 5.47. The number of rotatable bonds is 3. The fraction of sp³-hybridized carbons (Fsp3) is 0.105. The molecule has 3 rings (SSSR count). The number of aromatic nitrogens is 1. The molecule has 0 aliphatic carbocycles. The molecule has 0 saturated heterocycles. The number of halogens is 4. The summed E-state index contributed by atoms with van der Waals surface area (Å²) in [5.41, 5.74) is 0.386.